The Kier molecular flexibility index (Phi) is 70.5. The molecule has 0 aromatic rings. The molecule has 0 aliphatic rings. The molecular weight excluding hydrogens is 529 g/mol. The number of halogens is 2. The van der Waals surface area contributed by atoms with E-state index in [0.717, 1.165) is 11.1 Å². The van der Waals surface area contributed by atoms with E-state index in [9.17, 15) is 5.11 Å². The van der Waals surface area contributed by atoms with E-state index in [-0.39, 0.29) is 80.1 Å². The molecule has 30 heavy (non-hydrogen) atoms. The Balaban J connectivity index is -0.0000000385. The van der Waals surface area contributed by atoms with Crippen LogP contribution in [0.5, 0.6) is 0 Å². The molecule has 2 nitrogen and oxygen atoms in total. The fourth-order valence-corrected chi connectivity index (χ4v) is 1.52. The summed E-state index contributed by atoms with van der Waals surface area (Å²) < 4.78 is 0. The Morgan fingerprint density at radius 3 is 1.07 bits per heavy atom. The van der Waals surface area contributed by atoms with Crippen molar-refractivity contribution >= 4 is 52.9 Å². The number of carbonyl (C=O) groups excluding carboxylic acids is 1. The van der Waals surface area contributed by atoms with E-state index in [1.165, 1.54) is 11.1 Å². The summed E-state index contributed by atoms with van der Waals surface area (Å²) in [6.45, 7) is 24.1. The predicted molar refractivity (Wildman–Crippen MR) is 128 cm³/mol. The van der Waals surface area contributed by atoms with Gasteiger partial charge in [-0.15, -0.1) is 0 Å². The van der Waals surface area contributed by atoms with Crippen LogP contribution in [0.15, 0.2) is 52.7 Å². The van der Waals surface area contributed by atoms with Gasteiger partial charge in [-0.1, -0.05) is 66.5 Å². The Labute approximate surface area is 241 Å². The third-order valence-electron chi connectivity index (χ3n) is 4.30. The van der Waals surface area contributed by atoms with Crippen LogP contribution < -0.4 is 39.1 Å². The molecule has 6 heteroatoms. The van der Waals surface area contributed by atoms with Crippen LogP contribution >= 0.6 is 0 Å². The van der Waals surface area contributed by atoms with E-state index in [0.29, 0.717) is 5.92 Å². The molecule has 0 aliphatic heterocycles. The third-order valence-corrected chi connectivity index (χ3v) is 4.30. The molecule has 168 valence electrons. The van der Waals surface area contributed by atoms with E-state index in [4.69, 9.17) is 4.79 Å². The maximum absolute atomic E-state index is 11.3. The molecule has 0 unspecified atom stereocenters. The number of rotatable bonds is 4. The molecule has 0 atom stereocenters. The van der Waals surface area contributed by atoms with Gasteiger partial charge in [-0.2, -0.15) is 6.92 Å². The molecule has 0 radical (unpaired) electrons. The Hall–Kier alpha value is 0.822. The van der Waals surface area contributed by atoms with Gasteiger partial charge in [0.25, 0.3) is 0 Å². The van der Waals surface area contributed by atoms with Crippen molar-refractivity contribution < 1.29 is 43.9 Å². The second-order valence-electron chi connectivity index (χ2n) is 5.81. The van der Waals surface area contributed by atoms with E-state index < -0.39 is 6.10 Å². The molecule has 0 saturated heterocycles. The van der Waals surface area contributed by atoms with Gasteiger partial charge in [-0.25, -0.2) is 0 Å². The summed E-state index contributed by atoms with van der Waals surface area (Å²) in [4.78, 5) is 8.00. The summed E-state index contributed by atoms with van der Waals surface area (Å²) in [6, 6.07) is 0. The van der Waals surface area contributed by atoms with Gasteiger partial charge in [-0.3, -0.25) is 6.08 Å². The van der Waals surface area contributed by atoms with Crippen molar-refractivity contribution in [3.05, 3.63) is 58.7 Å². The van der Waals surface area contributed by atoms with Crippen LogP contribution in [0.1, 0.15) is 76.2 Å². The minimum Gasteiger partial charge on any atom is -1.00 e. The molecule has 0 amide bonds. The minimum absolute atomic E-state index is 0. The van der Waals surface area contributed by atoms with Crippen LogP contribution in [0.3, 0.4) is 0 Å². The molecule has 0 fully saturated rings. The molecule has 0 aromatic heterocycles. The molecule has 0 N–H and O–H groups in total. The standard InChI is InChI=1S/C10H18.C9H15O.C4H7.CH2O.2BrH.2Mg/c1-6-8(3)10(5)9(4)7-2;1-5-7(3)9(10)8(4)6-2;1-3-4-2;1-2;;;;/h6-7,10H,1-5H3;5-6,9H,1-4H3;3H,1-2H3;1H2;2*1H;;/q;2*-1;;;;2*+2/p-2/b8-6+,9-7+;7-5+,8-6+;;;;;;. The Morgan fingerprint density at radius 2 is 0.933 bits per heavy atom. The van der Waals surface area contributed by atoms with Gasteiger partial charge < -0.3 is 49.9 Å². The Bertz CT molecular complexity index is 406. The molecule has 0 heterocycles. The van der Waals surface area contributed by atoms with Crippen molar-refractivity contribution in [2.75, 3.05) is 0 Å². The van der Waals surface area contributed by atoms with Crippen molar-refractivity contribution in [3.8, 4) is 0 Å². The van der Waals surface area contributed by atoms with Crippen LogP contribution in [-0.2, 0) is 4.79 Å². The van der Waals surface area contributed by atoms with Crippen molar-refractivity contribution in [2.24, 2.45) is 5.92 Å². The number of hydrogen-bond acceptors (Lipinski definition) is 2. The van der Waals surface area contributed by atoms with Crippen molar-refractivity contribution in [1.29, 1.82) is 0 Å². The minimum atomic E-state index is -0.630. The van der Waals surface area contributed by atoms with E-state index >= 15 is 0 Å². The smallest absolute Gasteiger partial charge is 1.00 e. The molecule has 0 aromatic carbocycles. The summed E-state index contributed by atoms with van der Waals surface area (Å²) in [5.41, 5.74) is 4.71. The van der Waals surface area contributed by atoms with Crippen molar-refractivity contribution in [1.82, 2.24) is 0 Å². The maximum Gasteiger partial charge on any atom is 2.00 e. The van der Waals surface area contributed by atoms with Gasteiger partial charge in [-0.05, 0) is 61.3 Å². The zero-order valence-corrected chi connectivity index (χ0v) is 27.2. The zero-order valence-electron chi connectivity index (χ0n) is 21.2. The van der Waals surface area contributed by atoms with E-state index in [2.05, 4.69) is 52.8 Å². The van der Waals surface area contributed by atoms with Gasteiger partial charge in [0.05, 0.1) is 0 Å². The molecule has 0 aliphatic carbocycles. The van der Waals surface area contributed by atoms with Crippen LogP contribution in [0, 0.1) is 12.0 Å². The van der Waals surface area contributed by atoms with Crippen LogP contribution in [-0.4, -0.2) is 59.0 Å². The number of hydrogen-bond donors (Lipinski definition) is 0. The predicted octanol–water partition coefficient (Wildman–Crippen LogP) is -0.350. The largest absolute Gasteiger partial charge is 2.00 e. The monoisotopic (exact) mass is 568 g/mol. The van der Waals surface area contributed by atoms with Crippen LogP contribution in [0.4, 0.5) is 0 Å². The van der Waals surface area contributed by atoms with Crippen molar-refractivity contribution in [3.63, 3.8) is 0 Å². The summed E-state index contributed by atoms with van der Waals surface area (Å²) in [7, 11) is 0. The van der Waals surface area contributed by atoms with Crippen LogP contribution in [0.25, 0.3) is 0 Å². The SMILES string of the molecule is C/C=C(\C)C(C)/C(C)=C/C.C/C=C(\C)C([O-])/C(C)=C/C.C=O.C[C-]=CC.[Br-].[Br-].[Mg+2].[Mg+2]. The summed E-state index contributed by atoms with van der Waals surface area (Å²) in [5.74, 6) is 0.620. The fourth-order valence-electron chi connectivity index (χ4n) is 1.52. The average Bonchev–Trinajstić information content (AvgIpc) is 2.71. The average molecular weight is 571 g/mol. The van der Waals surface area contributed by atoms with Gasteiger partial charge in [0.15, 0.2) is 0 Å². The van der Waals surface area contributed by atoms with Crippen LogP contribution in [0.2, 0.25) is 0 Å². The topological polar surface area (TPSA) is 40.1 Å². The first-order chi connectivity index (χ1) is 12.2. The Morgan fingerprint density at radius 1 is 0.733 bits per heavy atom. The molecule has 0 bridgehead atoms. The third kappa shape index (κ3) is 33.5. The van der Waals surface area contributed by atoms with Gasteiger partial charge in [0, 0.05) is 0 Å². The summed E-state index contributed by atoms with van der Waals surface area (Å²) >= 11 is 0. The fraction of sp³-hybridized carbons (Fsp3) is 0.542. The van der Waals surface area contributed by atoms with E-state index in [1.54, 1.807) is 0 Å². The molecule has 0 rings (SSSR count). The first kappa shape index (κ1) is 52.6. The zero-order chi connectivity index (χ0) is 21.7. The molecule has 0 saturated carbocycles. The first-order valence-corrected chi connectivity index (χ1v) is 9.09. The molecule has 0 spiro atoms. The van der Waals surface area contributed by atoms with Gasteiger partial charge >= 0.3 is 46.1 Å². The number of allylic oxidation sites excluding steroid dienone is 8. The van der Waals surface area contributed by atoms with Gasteiger partial charge in [0.1, 0.15) is 6.79 Å². The van der Waals surface area contributed by atoms with Crippen molar-refractivity contribution in [2.45, 2.75) is 82.3 Å². The maximum atomic E-state index is 11.3. The van der Waals surface area contributed by atoms with Gasteiger partial charge in [0.2, 0.25) is 0 Å². The second kappa shape index (κ2) is 40.2. The molecular formula is C24H42Br2Mg2O2. The normalized spacial score (nSPS) is 12.9. The first-order valence-electron chi connectivity index (χ1n) is 9.09. The summed E-state index contributed by atoms with van der Waals surface area (Å²) in [5, 5.41) is 11.3. The number of carbonyl (C=O) groups is 1. The second-order valence-corrected chi connectivity index (χ2v) is 5.81. The van der Waals surface area contributed by atoms with E-state index in [1.807, 2.05) is 66.6 Å². The quantitative estimate of drug-likeness (QED) is 0.263. The summed E-state index contributed by atoms with van der Waals surface area (Å²) in [6.07, 6.45) is 12.1.